The van der Waals surface area contributed by atoms with E-state index in [0.717, 1.165) is 5.69 Å². The number of thiocarbonyl (C=S) groups is 1. The number of nitrogens with two attached hydrogens (primary N) is 1. The van der Waals surface area contributed by atoms with Crippen molar-refractivity contribution >= 4 is 28.8 Å². The smallest absolute Gasteiger partial charge is 0.234 e. The van der Waals surface area contributed by atoms with Gasteiger partial charge in [0.25, 0.3) is 0 Å². The number of hydrogen-bond acceptors (Lipinski definition) is 2. The first-order valence-corrected chi connectivity index (χ1v) is 4.67. The van der Waals surface area contributed by atoms with E-state index < -0.39 is 5.92 Å². The van der Waals surface area contributed by atoms with E-state index in [-0.39, 0.29) is 10.9 Å². The highest BCUT2D eigenvalue weighted by molar-refractivity contribution is 7.80. The quantitative estimate of drug-likeness (QED) is 0.741. The lowest BCUT2D eigenvalue weighted by atomic mass is 10.1. The SMILES string of the molecule is CC(C(=O)Nc1ccccc1)C(N)=S. The Morgan fingerprint density at radius 1 is 1.43 bits per heavy atom. The molecule has 0 bridgehead atoms. The Labute approximate surface area is 88.3 Å². The number of rotatable bonds is 3. The van der Waals surface area contributed by atoms with E-state index in [9.17, 15) is 4.79 Å². The number of benzene rings is 1. The van der Waals surface area contributed by atoms with Crippen LogP contribution in [0.15, 0.2) is 30.3 Å². The van der Waals surface area contributed by atoms with Gasteiger partial charge in [0.05, 0.1) is 10.9 Å². The van der Waals surface area contributed by atoms with Crippen molar-refractivity contribution in [2.75, 3.05) is 5.32 Å². The highest BCUT2D eigenvalue weighted by Crippen LogP contribution is 2.07. The highest BCUT2D eigenvalue weighted by Gasteiger charge is 2.14. The Kier molecular flexibility index (Phi) is 3.59. The fourth-order valence-corrected chi connectivity index (χ4v) is 1.01. The molecule has 1 unspecified atom stereocenters. The van der Waals surface area contributed by atoms with Crippen molar-refractivity contribution < 1.29 is 4.79 Å². The zero-order valence-electron chi connectivity index (χ0n) is 7.86. The number of carbonyl (C=O) groups is 1. The first-order chi connectivity index (χ1) is 6.61. The molecule has 0 saturated heterocycles. The van der Waals surface area contributed by atoms with Gasteiger partial charge >= 0.3 is 0 Å². The van der Waals surface area contributed by atoms with Crippen LogP contribution in [0.1, 0.15) is 6.92 Å². The summed E-state index contributed by atoms with van der Waals surface area (Å²) in [6.07, 6.45) is 0. The number of hydrogen-bond donors (Lipinski definition) is 2. The van der Waals surface area contributed by atoms with Crippen LogP contribution >= 0.6 is 12.2 Å². The summed E-state index contributed by atoms with van der Waals surface area (Å²) in [6.45, 7) is 1.68. The molecule has 4 heteroatoms. The summed E-state index contributed by atoms with van der Waals surface area (Å²) in [5, 5.41) is 2.72. The van der Waals surface area contributed by atoms with Gasteiger partial charge in [-0.25, -0.2) is 0 Å². The number of anilines is 1. The topological polar surface area (TPSA) is 55.1 Å². The number of amides is 1. The maximum atomic E-state index is 11.5. The lowest BCUT2D eigenvalue weighted by Crippen LogP contribution is -2.30. The summed E-state index contributed by atoms with van der Waals surface area (Å²) in [7, 11) is 0. The van der Waals surface area contributed by atoms with Crippen LogP contribution in [0.2, 0.25) is 0 Å². The van der Waals surface area contributed by atoms with Crippen LogP contribution in [0.4, 0.5) is 5.69 Å². The third-order valence-electron chi connectivity index (χ3n) is 1.86. The van der Waals surface area contributed by atoms with Gasteiger partial charge in [0.2, 0.25) is 5.91 Å². The summed E-state index contributed by atoms with van der Waals surface area (Å²) in [5.41, 5.74) is 6.11. The Morgan fingerprint density at radius 2 is 2.00 bits per heavy atom. The molecule has 1 atom stereocenters. The fourth-order valence-electron chi connectivity index (χ4n) is 0.901. The van der Waals surface area contributed by atoms with E-state index in [2.05, 4.69) is 5.32 Å². The van der Waals surface area contributed by atoms with Crippen molar-refractivity contribution in [2.45, 2.75) is 6.92 Å². The molecule has 74 valence electrons. The predicted octanol–water partition coefficient (Wildman–Crippen LogP) is 1.55. The van der Waals surface area contributed by atoms with Crippen LogP contribution in [-0.2, 0) is 4.79 Å². The maximum Gasteiger partial charge on any atom is 0.234 e. The van der Waals surface area contributed by atoms with Crippen molar-refractivity contribution in [3.63, 3.8) is 0 Å². The average Bonchev–Trinajstić information content (AvgIpc) is 2.18. The second kappa shape index (κ2) is 4.72. The van der Waals surface area contributed by atoms with Gasteiger partial charge in [-0.1, -0.05) is 30.4 Å². The molecular formula is C10H12N2OS. The van der Waals surface area contributed by atoms with Crippen molar-refractivity contribution in [3.05, 3.63) is 30.3 Å². The van der Waals surface area contributed by atoms with Crippen LogP contribution in [0.5, 0.6) is 0 Å². The number of nitrogens with one attached hydrogen (secondary N) is 1. The van der Waals surface area contributed by atoms with Crippen LogP contribution in [0, 0.1) is 5.92 Å². The molecule has 3 nitrogen and oxygen atoms in total. The molecule has 0 aliphatic carbocycles. The molecule has 1 aromatic rings. The summed E-state index contributed by atoms with van der Waals surface area (Å²) in [5.74, 6) is -0.617. The summed E-state index contributed by atoms with van der Waals surface area (Å²) in [4.78, 5) is 11.7. The molecule has 3 N–H and O–H groups in total. The Balaban J connectivity index is 2.62. The molecule has 0 saturated carbocycles. The highest BCUT2D eigenvalue weighted by atomic mass is 32.1. The lowest BCUT2D eigenvalue weighted by Gasteiger charge is -2.09. The van der Waals surface area contributed by atoms with Gasteiger partial charge < -0.3 is 11.1 Å². The van der Waals surface area contributed by atoms with Crippen molar-refractivity contribution in [1.29, 1.82) is 0 Å². The van der Waals surface area contributed by atoms with Crippen LogP contribution in [0.3, 0.4) is 0 Å². The molecule has 0 heterocycles. The summed E-state index contributed by atoms with van der Waals surface area (Å²) >= 11 is 4.73. The Hall–Kier alpha value is -1.42. The minimum absolute atomic E-state index is 0.177. The first-order valence-electron chi connectivity index (χ1n) is 4.26. The largest absolute Gasteiger partial charge is 0.393 e. The van der Waals surface area contributed by atoms with Crippen LogP contribution in [0.25, 0.3) is 0 Å². The van der Waals surface area contributed by atoms with E-state index in [1.54, 1.807) is 6.92 Å². The molecule has 1 aromatic carbocycles. The van der Waals surface area contributed by atoms with Gasteiger partial charge in [0.1, 0.15) is 0 Å². The molecular weight excluding hydrogens is 196 g/mol. The maximum absolute atomic E-state index is 11.5. The van der Waals surface area contributed by atoms with E-state index in [1.807, 2.05) is 30.3 Å². The zero-order chi connectivity index (χ0) is 10.6. The molecule has 0 aromatic heterocycles. The van der Waals surface area contributed by atoms with Gasteiger partial charge in [-0.05, 0) is 19.1 Å². The molecule has 14 heavy (non-hydrogen) atoms. The third-order valence-corrected chi connectivity index (χ3v) is 2.21. The van der Waals surface area contributed by atoms with E-state index in [1.165, 1.54) is 0 Å². The summed E-state index contributed by atoms with van der Waals surface area (Å²) in [6, 6.07) is 9.20. The third kappa shape index (κ3) is 2.81. The number of para-hydroxylation sites is 1. The molecule has 0 aliphatic heterocycles. The number of carbonyl (C=O) groups excluding carboxylic acids is 1. The molecule has 0 fully saturated rings. The molecule has 0 radical (unpaired) electrons. The first kappa shape index (κ1) is 10.7. The van der Waals surface area contributed by atoms with Crippen molar-refractivity contribution in [2.24, 2.45) is 11.7 Å². The molecule has 1 rings (SSSR count). The van der Waals surface area contributed by atoms with Crippen LogP contribution in [-0.4, -0.2) is 10.9 Å². The molecule has 1 amide bonds. The molecule has 0 aliphatic rings. The average molecular weight is 208 g/mol. The second-order valence-electron chi connectivity index (χ2n) is 2.98. The van der Waals surface area contributed by atoms with E-state index >= 15 is 0 Å². The van der Waals surface area contributed by atoms with Gasteiger partial charge in [-0.3, -0.25) is 4.79 Å². The minimum Gasteiger partial charge on any atom is -0.393 e. The predicted molar refractivity (Wildman–Crippen MR) is 61.0 cm³/mol. The lowest BCUT2D eigenvalue weighted by molar-refractivity contribution is -0.117. The monoisotopic (exact) mass is 208 g/mol. The van der Waals surface area contributed by atoms with Crippen LogP contribution < -0.4 is 11.1 Å². The Morgan fingerprint density at radius 3 is 2.50 bits per heavy atom. The van der Waals surface area contributed by atoms with E-state index in [4.69, 9.17) is 18.0 Å². The summed E-state index contributed by atoms with van der Waals surface area (Å²) < 4.78 is 0. The van der Waals surface area contributed by atoms with Gasteiger partial charge in [-0.2, -0.15) is 0 Å². The normalized spacial score (nSPS) is 11.8. The van der Waals surface area contributed by atoms with Gasteiger partial charge in [0.15, 0.2) is 0 Å². The Bertz CT molecular complexity index is 337. The fraction of sp³-hybridized carbons (Fsp3) is 0.200. The van der Waals surface area contributed by atoms with E-state index in [0.29, 0.717) is 0 Å². The van der Waals surface area contributed by atoms with Crippen molar-refractivity contribution in [3.8, 4) is 0 Å². The molecule has 0 spiro atoms. The minimum atomic E-state index is -0.440. The van der Waals surface area contributed by atoms with Crippen molar-refractivity contribution in [1.82, 2.24) is 0 Å². The zero-order valence-corrected chi connectivity index (χ0v) is 8.67. The standard InChI is InChI=1S/C10H12N2OS/c1-7(9(11)14)10(13)12-8-5-3-2-4-6-8/h2-7H,1H3,(H2,11,14)(H,12,13). The van der Waals surface area contributed by atoms with Gasteiger partial charge in [-0.15, -0.1) is 0 Å². The van der Waals surface area contributed by atoms with Gasteiger partial charge in [0, 0.05) is 5.69 Å². The second-order valence-corrected chi connectivity index (χ2v) is 3.45.